The molecule has 6 heteroatoms. The van der Waals surface area contributed by atoms with Crippen molar-refractivity contribution in [1.82, 2.24) is 5.32 Å². The van der Waals surface area contributed by atoms with E-state index < -0.39 is 14.6 Å². The smallest absolute Gasteiger partial charge is 0.242 e. The third-order valence-electron chi connectivity index (χ3n) is 5.50. The Morgan fingerprint density at radius 1 is 1.27 bits per heavy atom. The van der Waals surface area contributed by atoms with Gasteiger partial charge in [0.25, 0.3) is 0 Å². The van der Waals surface area contributed by atoms with Crippen LogP contribution in [0.4, 0.5) is 0 Å². The number of benzene rings is 1. The fraction of sp³-hybridized carbons (Fsp3) is 0.650. The van der Waals surface area contributed by atoms with Crippen molar-refractivity contribution >= 4 is 15.7 Å². The molecule has 0 aliphatic heterocycles. The topological polar surface area (TPSA) is 89.3 Å². The highest BCUT2D eigenvalue weighted by Crippen LogP contribution is 2.42. The lowest BCUT2D eigenvalue weighted by Crippen LogP contribution is -2.54. The van der Waals surface area contributed by atoms with Crippen molar-refractivity contribution in [3.05, 3.63) is 29.3 Å². The Hall–Kier alpha value is -1.40. The largest absolute Gasteiger partial charge is 0.351 e. The van der Waals surface area contributed by atoms with Gasteiger partial charge in [0.1, 0.15) is 0 Å². The minimum Gasteiger partial charge on any atom is -0.351 e. The summed E-state index contributed by atoms with van der Waals surface area (Å²) in [4.78, 5) is 13.5. The van der Waals surface area contributed by atoms with Crippen molar-refractivity contribution in [2.45, 2.75) is 81.4 Å². The first-order valence-electron chi connectivity index (χ1n) is 9.61. The van der Waals surface area contributed by atoms with Gasteiger partial charge in [-0.3, -0.25) is 4.79 Å². The molecule has 1 saturated carbocycles. The summed E-state index contributed by atoms with van der Waals surface area (Å²) in [6, 6.07) is 5.22. The van der Waals surface area contributed by atoms with Crippen molar-refractivity contribution in [2.75, 3.05) is 6.54 Å². The Balaban J connectivity index is 2.39. The van der Waals surface area contributed by atoms with Crippen LogP contribution in [0.25, 0.3) is 0 Å². The summed E-state index contributed by atoms with van der Waals surface area (Å²) in [7, 11) is -3.78. The maximum Gasteiger partial charge on any atom is 0.242 e. The van der Waals surface area contributed by atoms with Crippen LogP contribution in [0.3, 0.4) is 0 Å². The van der Waals surface area contributed by atoms with Gasteiger partial charge in [-0.05, 0) is 50.3 Å². The second kappa shape index (κ2) is 8.53. The minimum atomic E-state index is -3.78. The lowest BCUT2D eigenvalue weighted by atomic mass is 10.0. The standard InChI is InChI=1S/C20H32N2O3S/c1-4-5-8-17(14-21)22-19(23)20(11-6-7-12-20)26(24,25)18-13-15(2)9-10-16(18)3/h9-10,13,17H,4-8,11-12,14,21H2,1-3H3,(H,22,23). The van der Waals surface area contributed by atoms with Crippen molar-refractivity contribution in [2.24, 2.45) is 5.73 Å². The molecule has 0 radical (unpaired) electrons. The Kier molecular flexibility index (Phi) is 6.86. The van der Waals surface area contributed by atoms with E-state index in [9.17, 15) is 13.2 Å². The number of carbonyl (C=O) groups is 1. The second-order valence-electron chi connectivity index (χ2n) is 7.52. The van der Waals surface area contributed by atoms with Gasteiger partial charge in [0.15, 0.2) is 14.6 Å². The van der Waals surface area contributed by atoms with Gasteiger partial charge >= 0.3 is 0 Å². The normalized spacial score (nSPS) is 17.8. The number of rotatable bonds is 8. The van der Waals surface area contributed by atoms with E-state index in [-0.39, 0.29) is 16.8 Å². The molecule has 2 rings (SSSR count). The molecule has 1 atom stereocenters. The monoisotopic (exact) mass is 380 g/mol. The van der Waals surface area contributed by atoms with E-state index >= 15 is 0 Å². The first-order chi connectivity index (χ1) is 12.3. The first kappa shape index (κ1) is 20.9. The van der Waals surface area contributed by atoms with Crippen LogP contribution in [0.15, 0.2) is 23.1 Å². The third-order valence-corrected chi connectivity index (χ3v) is 8.14. The van der Waals surface area contributed by atoms with Gasteiger partial charge in [-0.25, -0.2) is 8.42 Å². The Morgan fingerprint density at radius 3 is 2.50 bits per heavy atom. The van der Waals surface area contributed by atoms with Crippen LogP contribution in [0.1, 0.15) is 63.0 Å². The molecule has 0 heterocycles. The predicted octanol–water partition coefficient (Wildman–Crippen LogP) is 3.02. The molecule has 0 saturated heterocycles. The van der Waals surface area contributed by atoms with Gasteiger partial charge < -0.3 is 11.1 Å². The van der Waals surface area contributed by atoms with E-state index in [1.165, 1.54) is 0 Å². The Morgan fingerprint density at radius 2 is 1.92 bits per heavy atom. The minimum absolute atomic E-state index is 0.172. The predicted molar refractivity (Wildman–Crippen MR) is 105 cm³/mol. The molecule has 1 aliphatic carbocycles. The molecule has 1 fully saturated rings. The maximum atomic E-state index is 13.6. The molecule has 0 aromatic heterocycles. The average molecular weight is 381 g/mol. The fourth-order valence-electron chi connectivity index (χ4n) is 3.79. The highest BCUT2D eigenvalue weighted by molar-refractivity contribution is 7.93. The zero-order valence-electron chi connectivity index (χ0n) is 16.2. The molecular weight excluding hydrogens is 348 g/mol. The number of unbranched alkanes of at least 4 members (excludes halogenated alkanes) is 1. The van der Waals surface area contributed by atoms with Gasteiger partial charge in [-0.15, -0.1) is 0 Å². The summed E-state index contributed by atoms with van der Waals surface area (Å²) >= 11 is 0. The number of hydrogen-bond acceptors (Lipinski definition) is 4. The van der Waals surface area contributed by atoms with Gasteiger partial charge in [-0.2, -0.15) is 0 Å². The molecule has 0 bridgehead atoms. The number of nitrogens with one attached hydrogen (secondary N) is 1. The van der Waals surface area contributed by atoms with Crippen LogP contribution >= 0.6 is 0 Å². The molecular formula is C20H32N2O3S. The summed E-state index contributed by atoms with van der Waals surface area (Å²) in [5.41, 5.74) is 7.37. The molecule has 1 amide bonds. The third kappa shape index (κ3) is 3.96. The van der Waals surface area contributed by atoms with Gasteiger partial charge in [0.2, 0.25) is 5.91 Å². The highest BCUT2D eigenvalue weighted by atomic mass is 32.2. The SMILES string of the molecule is CCCCC(CN)NC(=O)C1(S(=O)(=O)c2cc(C)ccc2C)CCCC1. The molecule has 1 aromatic rings. The molecule has 3 N–H and O–H groups in total. The van der Waals surface area contributed by atoms with E-state index in [0.717, 1.165) is 37.7 Å². The molecule has 26 heavy (non-hydrogen) atoms. The molecule has 1 unspecified atom stereocenters. The van der Waals surface area contributed by atoms with Crippen molar-refractivity contribution < 1.29 is 13.2 Å². The fourth-order valence-corrected chi connectivity index (χ4v) is 6.17. The van der Waals surface area contributed by atoms with Crippen molar-refractivity contribution in [3.8, 4) is 0 Å². The second-order valence-corrected chi connectivity index (χ2v) is 9.75. The van der Waals surface area contributed by atoms with Crippen LogP contribution in [0.2, 0.25) is 0 Å². The van der Waals surface area contributed by atoms with Crippen molar-refractivity contribution in [3.63, 3.8) is 0 Å². The zero-order valence-corrected chi connectivity index (χ0v) is 17.0. The lowest BCUT2D eigenvalue weighted by molar-refractivity contribution is -0.124. The Labute approximate surface area is 157 Å². The van der Waals surface area contributed by atoms with E-state index in [1.54, 1.807) is 13.0 Å². The van der Waals surface area contributed by atoms with Crippen LogP contribution < -0.4 is 11.1 Å². The number of amides is 1. The van der Waals surface area contributed by atoms with Gasteiger partial charge in [0, 0.05) is 12.6 Å². The van der Waals surface area contributed by atoms with Crippen molar-refractivity contribution in [1.29, 1.82) is 0 Å². The molecule has 146 valence electrons. The van der Waals surface area contributed by atoms with E-state index in [4.69, 9.17) is 5.73 Å². The molecule has 1 aromatic carbocycles. The maximum absolute atomic E-state index is 13.6. The van der Waals surface area contributed by atoms with Gasteiger partial charge in [-0.1, -0.05) is 44.7 Å². The Bertz CT molecular complexity index is 737. The molecule has 0 spiro atoms. The van der Waals surface area contributed by atoms with Crippen LogP contribution in [0, 0.1) is 13.8 Å². The van der Waals surface area contributed by atoms with Crippen LogP contribution in [0.5, 0.6) is 0 Å². The number of nitrogens with two attached hydrogens (primary N) is 1. The van der Waals surface area contributed by atoms with Crippen LogP contribution in [-0.2, 0) is 14.6 Å². The summed E-state index contributed by atoms with van der Waals surface area (Å²) in [6.07, 6.45) is 4.99. The van der Waals surface area contributed by atoms with E-state index in [0.29, 0.717) is 24.9 Å². The number of carbonyl (C=O) groups excluding carboxylic acids is 1. The summed E-state index contributed by atoms with van der Waals surface area (Å²) in [6.45, 7) is 6.07. The first-order valence-corrected chi connectivity index (χ1v) is 11.1. The van der Waals surface area contributed by atoms with E-state index in [1.807, 2.05) is 19.1 Å². The highest BCUT2D eigenvalue weighted by Gasteiger charge is 2.53. The zero-order chi connectivity index (χ0) is 19.4. The number of aryl methyl sites for hydroxylation is 2. The molecule has 1 aliphatic rings. The number of sulfone groups is 1. The lowest BCUT2D eigenvalue weighted by Gasteiger charge is -2.30. The molecule has 5 nitrogen and oxygen atoms in total. The number of hydrogen-bond donors (Lipinski definition) is 2. The quantitative estimate of drug-likeness (QED) is 0.725. The summed E-state index contributed by atoms with van der Waals surface area (Å²) in [5.74, 6) is -0.373. The van der Waals surface area contributed by atoms with E-state index in [2.05, 4.69) is 12.2 Å². The van der Waals surface area contributed by atoms with Crippen LogP contribution in [-0.4, -0.2) is 31.7 Å². The summed E-state index contributed by atoms with van der Waals surface area (Å²) in [5, 5.41) is 2.95. The summed E-state index contributed by atoms with van der Waals surface area (Å²) < 4.78 is 25.8. The average Bonchev–Trinajstić information content (AvgIpc) is 3.12. The van der Waals surface area contributed by atoms with Gasteiger partial charge in [0.05, 0.1) is 4.90 Å².